The lowest BCUT2D eigenvalue weighted by Crippen LogP contribution is -2.69. The zero-order valence-electron chi connectivity index (χ0n) is 19.9. The Balaban J connectivity index is 1.42. The quantitative estimate of drug-likeness (QED) is 0.412. The SMILES string of the molecule is O=C(CC1CCCC1)N[C@@H]1CCO[C@]12O[C@H](CO)[C@H](O)[C@H](n1cc(-c3cc(F)c(F)c(F)c3)nn1)[C@H]2O. The summed E-state index contributed by atoms with van der Waals surface area (Å²) in [6.07, 6.45) is 1.75. The van der Waals surface area contributed by atoms with E-state index in [1.54, 1.807) is 0 Å². The second kappa shape index (κ2) is 10.3. The molecule has 5 rings (SSSR count). The van der Waals surface area contributed by atoms with E-state index in [1.165, 1.54) is 6.20 Å². The van der Waals surface area contributed by atoms with E-state index in [4.69, 9.17) is 9.47 Å². The number of halogens is 3. The number of rotatable bonds is 6. The molecular formula is C24H29F3N4O6. The third-order valence-electron chi connectivity index (χ3n) is 7.58. The second-order valence-electron chi connectivity index (χ2n) is 9.94. The van der Waals surface area contributed by atoms with Crippen LogP contribution in [-0.2, 0) is 14.3 Å². The van der Waals surface area contributed by atoms with Gasteiger partial charge in [0, 0.05) is 12.0 Å². The normalized spacial score (nSPS) is 32.3. The Morgan fingerprint density at radius 3 is 2.54 bits per heavy atom. The number of carbonyl (C=O) groups excluding carboxylic acids is 1. The van der Waals surface area contributed by atoms with Gasteiger partial charge in [0.2, 0.25) is 11.7 Å². The van der Waals surface area contributed by atoms with Crippen molar-refractivity contribution in [3.05, 3.63) is 35.8 Å². The average Bonchev–Trinajstić information content (AvgIpc) is 3.63. The third-order valence-corrected chi connectivity index (χ3v) is 7.58. The van der Waals surface area contributed by atoms with Crippen LogP contribution in [0, 0.1) is 23.4 Å². The molecule has 10 nitrogen and oxygen atoms in total. The summed E-state index contributed by atoms with van der Waals surface area (Å²) < 4.78 is 53.7. The Morgan fingerprint density at radius 1 is 1.16 bits per heavy atom. The van der Waals surface area contributed by atoms with Gasteiger partial charge in [-0.3, -0.25) is 4.79 Å². The predicted molar refractivity (Wildman–Crippen MR) is 120 cm³/mol. The maximum Gasteiger partial charge on any atom is 0.220 e. The molecule has 3 aliphatic rings. The van der Waals surface area contributed by atoms with Crippen LogP contribution < -0.4 is 5.32 Å². The molecule has 4 N–H and O–H groups in total. The highest BCUT2D eigenvalue weighted by atomic mass is 19.2. The molecule has 6 atom stereocenters. The smallest absolute Gasteiger partial charge is 0.220 e. The van der Waals surface area contributed by atoms with Gasteiger partial charge in [0.15, 0.2) is 17.5 Å². The van der Waals surface area contributed by atoms with Crippen LogP contribution in [0.25, 0.3) is 11.3 Å². The summed E-state index contributed by atoms with van der Waals surface area (Å²) in [5, 5.41) is 42.9. The van der Waals surface area contributed by atoms with Gasteiger partial charge in [-0.05, 0) is 37.3 Å². The van der Waals surface area contributed by atoms with E-state index in [9.17, 15) is 33.3 Å². The van der Waals surface area contributed by atoms with Gasteiger partial charge >= 0.3 is 0 Å². The van der Waals surface area contributed by atoms with Gasteiger partial charge < -0.3 is 30.1 Å². The van der Waals surface area contributed by atoms with Crippen molar-refractivity contribution >= 4 is 5.91 Å². The topological polar surface area (TPSA) is 139 Å². The van der Waals surface area contributed by atoms with Crippen LogP contribution in [0.5, 0.6) is 0 Å². The minimum Gasteiger partial charge on any atom is -0.394 e. The van der Waals surface area contributed by atoms with Crippen LogP contribution in [0.4, 0.5) is 13.2 Å². The van der Waals surface area contributed by atoms with E-state index in [2.05, 4.69) is 15.6 Å². The molecule has 2 aromatic rings. The summed E-state index contributed by atoms with van der Waals surface area (Å²) in [5.41, 5.74) is -0.159. The number of carbonyl (C=O) groups is 1. The van der Waals surface area contributed by atoms with Gasteiger partial charge in [0.25, 0.3) is 0 Å². The van der Waals surface area contributed by atoms with Crippen LogP contribution in [0.3, 0.4) is 0 Å². The predicted octanol–water partition coefficient (Wildman–Crippen LogP) is 1.20. The van der Waals surface area contributed by atoms with Crippen molar-refractivity contribution in [2.24, 2.45) is 5.92 Å². The summed E-state index contributed by atoms with van der Waals surface area (Å²) in [6, 6.07) is -0.548. The van der Waals surface area contributed by atoms with E-state index in [-0.39, 0.29) is 23.8 Å². The number of aliphatic hydroxyl groups is 3. The van der Waals surface area contributed by atoms with Gasteiger partial charge in [-0.25, -0.2) is 17.9 Å². The van der Waals surface area contributed by atoms with E-state index in [0.29, 0.717) is 18.8 Å². The molecule has 3 fully saturated rings. The van der Waals surface area contributed by atoms with Gasteiger partial charge in [-0.2, -0.15) is 0 Å². The van der Waals surface area contributed by atoms with Crippen molar-refractivity contribution in [3.63, 3.8) is 0 Å². The van der Waals surface area contributed by atoms with Crippen molar-refractivity contribution in [1.82, 2.24) is 20.3 Å². The molecule has 0 bridgehead atoms. The second-order valence-corrected chi connectivity index (χ2v) is 9.94. The molecule has 1 amide bonds. The highest BCUT2D eigenvalue weighted by molar-refractivity contribution is 5.76. The lowest BCUT2D eigenvalue weighted by molar-refractivity contribution is -0.345. The summed E-state index contributed by atoms with van der Waals surface area (Å²) in [7, 11) is 0. The minimum atomic E-state index is -1.79. The van der Waals surface area contributed by atoms with Gasteiger partial charge in [0.05, 0.1) is 25.5 Å². The Labute approximate surface area is 210 Å². The molecule has 1 aromatic heterocycles. The van der Waals surface area contributed by atoms with Gasteiger partial charge in [-0.15, -0.1) is 5.10 Å². The summed E-state index contributed by atoms with van der Waals surface area (Å²) >= 11 is 0. The molecular weight excluding hydrogens is 497 g/mol. The molecule has 37 heavy (non-hydrogen) atoms. The highest BCUT2D eigenvalue weighted by Crippen LogP contribution is 2.43. The fourth-order valence-electron chi connectivity index (χ4n) is 5.67. The average molecular weight is 527 g/mol. The number of aliphatic hydroxyl groups excluding tert-OH is 3. The van der Waals surface area contributed by atoms with Gasteiger partial charge in [0.1, 0.15) is 30.0 Å². The molecule has 2 saturated heterocycles. The van der Waals surface area contributed by atoms with Crippen molar-refractivity contribution in [3.8, 4) is 11.3 Å². The number of hydrogen-bond donors (Lipinski definition) is 4. The summed E-state index contributed by atoms with van der Waals surface area (Å²) in [4.78, 5) is 12.8. The standard InChI is InChI=1S/C24H29F3N4O6/c25-14-8-13(9-15(26)20(14)27)16-10-31(30-29-16)21-22(34)17(11-32)37-24(23(21)35)18(5-6-36-24)28-19(33)7-12-3-1-2-4-12/h8-10,12,17-18,21-23,32,34-35H,1-7,11H2,(H,28,33)/t17-,18-,21+,22+,23-,24+/m1/s1. The number of ether oxygens (including phenoxy) is 2. The molecule has 13 heteroatoms. The Hall–Kier alpha value is -2.58. The fourth-order valence-corrected chi connectivity index (χ4v) is 5.67. The Morgan fingerprint density at radius 2 is 1.86 bits per heavy atom. The first-order chi connectivity index (χ1) is 17.7. The van der Waals surface area contributed by atoms with E-state index in [0.717, 1.165) is 42.5 Å². The van der Waals surface area contributed by atoms with Crippen molar-refractivity contribution < 1.29 is 42.8 Å². The molecule has 3 heterocycles. The first-order valence-corrected chi connectivity index (χ1v) is 12.4. The lowest BCUT2D eigenvalue weighted by atomic mass is 9.86. The Bertz CT molecular complexity index is 1120. The third kappa shape index (κ3) is 4.74. The molecule has 0 radical (unpaired) electrons. The van der Waals surface area contributed by atoms with Crippen molar-refractivity contribution in [2.45, 2.75) is 74.7 Å². The number of benzene rings is 1. The van der Waals surface area contributed by atoms with E-state index < -0.39 is 60.2 Å². The zero-order valence-corrected chi connectivity index (χ0v) is 19.9. The molecule has 1 spiro atoms. The van der Waals surface area contributed by atoms with E-state index >= 15 is 0 Å². The molecule has 2 aliphatic heterocycles. The lowest BCUT2D eigenvalue weighted by Gasteiger charge is -2.49. The maximum absolute atomic E-state index is 13.7. The summed E-state index contributed by atoms with van der Waals surface area (Å²) in [5.74, 6) is -6.15. The van der Waals surface area contributed by atoms with Gasteiger partial charge in [-0.1, -0.05) is 18.1 Å². The van der Waals surface area contributed by atoms with Crippen LogP contribution in [-0.4, -0.2) is 79.6 Å². The van der Waals surface area contributed by atoms with Crippen LogP contribution in [0.2, 0.25) is 0 Å². The Kier molecular flexibility index (Phi) is 7.24. The van der Waals surface area contributed by atoms with Crippen LogP contribution in [0.1, 0.15) is 44.6 Å². The number of aromatic nitrogens is 3. The fraction of sp³-hybridized carbons (Fsp3) is 0.625. The van der Waals surface area contributed by atoms with Crippen molar-refractivity contribution in [1.29, 1.82) is 0 Å². The zero-order chi connectivity index (χ0) is 26.3. The molecule has 1 aromatic carbocycles. The minimum absolute atomic E-state index is 0.0490. The van der Waals surface area contributed by atoms with Crippen LogP contribution >= 0.6 is 0 Å². The van der Waals surface area contributed by atoms with E-state index in [1.807, 2.05) is 0 Å². The maximum atomic E-state index is 13.7. The molecule has 202 valence electrons. The number of hydrogen-bond acceptors (Lipinski definition) is 8. The van der Waals surface area contributed by atoms with Crippen molar-refractivity contribution in [2.75, 3.05) is 13.2 Å². The molecule has 1 aliphatic carbocycles. The number of nitrogens with zero attached hydrogens (tertiary/aromatic N) is 3. The molecule has 0 unspecified atom stereocenters. The first-order valence-electron chi connectivity index (χ1n) is 12.4. The number of nitrogens with one attached hydrogen (secondary N) is 1. The first kappa shape index (κ1) is 26.0. The number of amides is 1. The van der Waals surface area contributed by atoms with Crippen LogP contribution in [0.15, 0.2) is 18.3 Å². The molecule has 1 saturated carbocycles. The highest BCUT2D eigenvalue weighted by Gasteiger charge is 2.62. The monoisotopic (exact) mass is 526 g/mol. The summed E-state index contributed by atoms with van der Waals surface area (Å²) in [6.45, 7) is -0.489. The largest absolute Gasteiger partial charge is 0.394 e.